The molecule has 0 unspecified atom stereocenters. The number of hydrogen-bond acceptors (Lipinski definition) is 1. The van der Waals surface area contributed by atoms with Crippen LogP contribution in [-0.4, -0.2) is 20.2 Å². The standard InChI is InChI=1S/C3H10OSi2.Pt/c1-2-3-6-4-5;/h2H,1,3,6H2,5H3;. The summed E-state index contributed by atoms with van der Waals surface area (Å²) in [7, 11) is 0.783. The minimum absolute atomic E-state index is 0. The molecule has 7 heavy (non-hydrogen) atoms. The molecule has 0 bridgehead atoms. The minimum Gasteiger partial charge on any atom is -0.468 e. The first kappa shape index (κ1) is 10.7. The van der Waals surface area contributed by atoms with Crippen molar-refractivity contribution in [3.8, 4) is 0 Å². The first-order valence-electron chi connectivity index (χ1n) is 2.01. The fourth-order valence-corrected chi connectivity index (χ4v) is 1.31. The first-order chi connectivity index (χ1) is 2.91. The minimum atomic E-state index is -0.135. The van der Waals surface area contributed by atoms with Crippen molar-refractivity contribution < 1.29 is 25.2 Å². The molecule has 0 aliphatic rings. The third-order valence-electron chi connectivity index (χ3n) is 0.526. The molecule has 0 heterocycles. The van der Waals surface area contributed by atoms with Crippen molar-refractivity contribution in [2.75, 3.05) is 0 Å². The van der Waals surface area contributed by atoms with Gasteiger partial charge in [-0.3, -0.25) is 0 Å². The summed E-state index contributed by atoms with van der Waals surface area (Å²) in [6.07, 6.45) is 1.92. The van der Waals surface area contributed by atoms with Crippen LogP contribution in [0.5, 0.6) is 0 Å². The molecule has 0 rings (SSSR count). The van der Waals surface area contributed by atoms with Crippen LogP contribution in [-0.2, 0) is 25.2 Å². The van der Waals surface area contributed by atoms with Crippen LogP contribution in [0, 0.1) is 0 Å². The van der Waals surface area contributed by atoms with Crippen LogP contribution in [0.4, 0.5) is 0 Å². The fourth-order valence-electron chi connectivity index (χ4n) is 0.201. The molecule has 0 aliphatic heterocycles. The third kappa shape index (κ3) is 10.9. The number of rotatable bonds is 3. The van der Waals surface area contributed by atoms with Crippen molar-refractivity contribution >= 4 is 20.2 Å². The van der Waals surface area contributed by atoms with Gasteiger partial charge in [0.2, 0.25) is 0 Å². The monoisotopic (exact) mass is 313 g/mol. The molecule has 0 aromatic heterocycles. The first-order valence-corrected chi connectivity index (χ1v) is 4.41. The molecule has 0 aliphatic carbocycles. The molecule has 0 saturated carbocycles. The zero-order chi connectivity index (χ0) is 4.83. The maximum Gasteiger partial charge on any atom is 0.149 e. The van der Waals surface area contributed by atoms with Crippen molar-refractivity contribution in [2.45, 2.75) is 6.04 Å². The maximum absolute atomic E-state index is 4.99. The van der Waals surface area contributed by atoms with E-state index in [0.29, 0.717) is 0 Å². The van der Waals surface area contributed by atoms with Crippen LogP contribution >= 0.6 is 0 Å². The molecule has 46 valence electrons. The SMILES string of the molecule is C=CC[SiH2]O[SiH3].[Pt]. The fraction of sp³-hybridized carbons (Fsp3) is 0.333. The van der Waals surface area contributed by atoms with Crippen molar-refractivity contribution in [3.05, 3.63) is 12.7 Å². The molecule has 0 aromatic rings. The second kappa shape index (κ2) is 9.94. The predicted octanol–water partition coefficient (Wildman–Crippen LogP) is -1.03. The summed E-state index contributed by atoms with van der Waals surface area (Å²) in [5, 5.41) is 0. The van der Waals surface area contributed by atoms with Gasteiger partial charge in [0.25, 0.3) is 0 Å². The molecule has 4 heteroatoms. The van der Waals surface area contributed by atoms with E-state index in [9.17, 15) is 0 Å². The van der Waals surface area contributed by atoms with E-state index in [1.807, 2.05) is 6.08 Å². The van der Waals surface area contributed by atoms with E-state index in [1.54, 1.807) is 0 Å². The molecule has 0 amide bonds. The Morgan fingerprint density at radius 2 is 2.43 bits per heavy atom. The molecule has 0 fully saturated rings. The quantitative estimate of drug-likeness (QED) is 0.368. The molecule has 0 radical (unpaired) electrons. The van der Waals surface area contributed by atoms with E-state index >= 15 is 0 Å². The largest absolute Gasteiger partial charge is 0.468 e. The number of hydrogen-bond donors (Lipinski definition) is 0. The summed E-state index contributed by atoms with van der Waals surface area (Å²) in [6, 6.07) is 1.13. The van der Waals surface area contributed by atoms with Gasteiger partial charge in [0.15, 0.2) is 0 Å². The molecule has 0 aromatic carbocycles. The topological polar surface area (TPSA) is 9.23 Å². The van der Waals surface area contributed by atoms with Crippen LogP contribution in [0.25, 0.3) is 0 Å². The van der Waals surface area contributed by atoms with E-state index < -0.39 is 0 Å². The van der Waals surface area contributed by atoms with Crippen LogP contribution < -0.4 is 0 Å². The molecular weight excluding hydrogens is 303 g/mol. The Morgan fingerprint density at radius 1 is 1.86 bits per heavy atom. The van der Waals surface area contributed by atoms with Crippen molar-refractivity contribution in [1.29, 1.82) is 0 Å². The van der Waals surface area contributed by atoms with Gasteiger partial charge in [-0.1, -0.05) is 6.08 Å². The van der Waals surface area contributed by atoms with Gasteiger partial charge in [-0.15, -0.1) is 6.58 Å². The molecule has 1 nitrogen and oxygen atoms in total. The van der Waals surface area contributed by atoms with E-state index in [4.69, 9.17) is 4.12 Å². The van der Waals surface area contributed by atoms with Crippen molar-refractivity contribution in [1.82, 2.24) is 0 Å². The van der Waals surface area contributed by atoms with Crippen molar-refractivity contribution in [3.63, 3.8) is 0 Å². The summed E-state index contributed by atoms with van der Waals surface area (Å²) in [6.45, 7) is 3.57. The Balaban J connectivity index is 0. The van der Waals surface area contributed by atoms with Gasteiger partial charge in [-0.2, -0.15) is 0 Å². The summed E-state index contributed by atoms with van der Waals surface area (Å²) in [5.41, 5.74) is 0. The zero-order valence-electron chi connectivity index (χ0n) is 4.42. The van der Waals surface area contributed by atoms with Crippen molar-refractivity contribution in [2.24, 2.45) is 0 Å². The third-order valence-corrected chi connectivity index (χ3v) is 2.80. The van der Waals surface area contributed by atoms with E-state index in [0.717, 1.165) is 16.5 Å². The van der Waals surface area contributed by atoms with Crippen LogP contribution in [0.3, 0.4) is 0 Å². The van der Waals surface area contributed by atoms with Gasteiger partial charge in [-0.05, 0) is 6.04 Å². The molecule has 0 N–H and O–H groups in total. The van der Waals surface area contributed by atoms with E-state index in [-0.39, 0.29) is 30.8 Å². The van der Waals surface area contributed by atoms with Crippen LogP contribution in [0.2, 0.25) is 6.04 Å². The molecular formula is C3H10OPtSi2. The Hall–Kier alpha value is 0.822. The second-order valence-electron chi connectivity index (χ2n) is 1.07. The van der Waals surface area contributed by atoms with Gasteiger partial charge in [0, 0.05) is 21.1 Å². The van der Waals surface area contributed by atoms with E-state index in [2.05, 4.69) is 6.58 Å². The normalized spacial score (nSPS) is 9.14. The molecule has 0 spiro atoms. The van der Waals surface area contributed by atoms with Gasteiger partial charge < -0.3 is 4.12 Å². The van der Waals surface area contributed by atoms with Crippen LogP contribution in [0.1, 0.15) is 0 Å². The second-order valence-corrected chi connectivity index (χ2v) is 4.37. The Morgan fingerprint density at radius 3 is 2.57 bits per heavy atom. The average molecular weight is 313 g/mol. The van der Waals surface area contributed by atoms with Gasteiger partial charge in [0.05, 0.1) is 0 Å². The van der Waals surface area contributed by atoms with Gasteiger partial charge in [-0.25, -0.2) is 0 Å². The zero-order valence-corrected chi connectivity index (χ0v) is 10.1. The maximum atomic E-state index is 4.99. The van der Waals surface area contributed by atoms with Gasteiger partial charge in [0.1, 0.15) is 20.2 Å². The van der Waals surface area contributed by atoms with E-state index in [1.165, 1.54) is 0 Å². The Bertz CT molecular complexity index is 41.9. The Labute approximate surface area is 64.3 Å². The van der Waals surface area contributed by atoms with Gasteiger partial charge >= 0.3 is 0 Å². The number of allylic oxidation sites excluding steroid dienone is 1. The average Bonchev–Trinajstić information content (AvgIpc) is 1.61. The predicted molar refractivity (Wildman–Crippen MR) is 34.6 cm³/mol. The van der Waals surface area contributed by atoms with Crippen LogP contribution in [0.15, 0.2) is 12.7 Å². The molecule has 0 saturated heterocycles. The summed E-state index contributed by atoms with van der Waals surface area (Å²) in [5.74, 6) is 0. The summed E-state index contributed by atoms with van der Waals surface area (Å²) in [4.78, 5) is 0. The smallest absolute Gasteiger partial charge is 0.149 e. The summed E-state index contributed by atoms with van der Waals surface area (Å²) >= 11 is 0. The Kier molecular flexibility index (Phi) is 15.3. The summed E-state index contributed by atoms with van der Waals surface area (Å²) < 4.78 is 4.99. The molecule has 0 atom stereocenters.